The average Bonchev–Trinajstić information content (AvgIpc) is 2.19. The highest BCUT2D eigenvalue weighted by Crippen LogP contribution is 2.13. The lowest BCUT2D eigenvalue weighted by molar-refractivity contribution is -0.143. The summed E-state index contributed by atoms with van der Waals surface area (Å²) in [7, 11) is 0. The van der Waals surface area contributed by atoms with E-state index in [1.165, 1.54) is 0 Å². The van der Waals surface area contributed by atoms with Gasteiger partial charge in [-0.15, -0.1) is 0 Å². The number of carbonyl (C=O) groups excluding carboxylic acids is 2. The van der Waals surface area contributed by atoms with E-state index >= 15 is 0 Å². The van der Waals surface area contributed by atoms with Crippen molar-refractivity contribution in [3.8, 4) is 0 Å². The summed E-state index contributed by atoms with van der Waals surface area (Å²) in [6.07, 6.45) is 0.655. The van der Waals surface area contributed by atoms with Gasteiger partial charge in [0.1, 0.15) is 6.04 Å². The Kier molecular flexibility index (Phi) is 6.15. The van der Waals surface area contributed by atoms with Crippen LogP contribution in [0.2, 0.25) is 0 Å². The molecule has 0 aromatic heterocycles. The van der Waals surface area contributed by atoms with Gasteiger partial charge in [-0.3, -0.25) is 4.79 Å². The van der Waals surface area contributed by atoms with Crippen LogP contribution in [0.4, 0.5) is 4.79 Å². The maximum atomic E-state index is 11.7. The Hall–Kier alpha value is -1.79. The first kappa shape index (κ1) is 16.2. The Morgan fingerprint density at radius 3 is 2.22 bits per heavy atom. The van der Waals surface area contributed by atoms with E-state index < -0.39 is 23.5 Å². The van der Waals surface area contributed by atoms with Crippen molar-refractivity contribution < 1.29 is 19.5 Å². The molecular formula is C11H21N3O4. The van der Waals surface area contributed by atoms with Crippen molar-refractivity contribution in [2.45, 2.75) is 39.7 Å². The van der Waals surface area contributed by atoms with Crippen LogP contribution >= 0.6 is 0 Å². The van der Waals surface area contributed by atoms with Crippen molar-refractivity contribution in [2.24, 2.45) is 11.1 Å². The predicted octanol–water partition coefficient (Wildman–Crippen LogP) is 0.0504. The maximum Gasteiger partial charge on any atom is 0.326 e. The summed E-state index contributed by atoms with van der Waals surface area (Å²) in [6.45, 7) is 5.40. The minimum atomic E-state index is -1.09. The third kappa shape index (κ3) is 6.72. The van der Waals surface area contributed by atoms with Gasteiger partial charge in [0.15, 0.2) is 0 Å². The van der Waals surface area contributed by atoms with Crippen molar-refractivity contribution in [1.82, 2.24) is 10.6 Å². The lowest BCUT2D eigenvalue weighted by Gasteiger charge is -2.21. The summed E-state index contributed by atoms with van der Waals surface area (Å²) in [5.41, 5.74) is 4.23. The van der Waals surface area contributed by atoms with Crippen LogP contribution in [0.1, 0.15) is 33.6 Å². The van der Waals surface area contributed by atoms with Gasteiger partial charge in [0.25, 0.3) is 0 Å². The van der Waals surface area contributed by atoms with Gasteiger partial charge < -0.3 is 21.5 Å². The van der Waals surface area contributed by atoms with E-state index in [1.807, 2.05) is 0 Å². The van der Waals surface area contributed by atoms with Crippen LogP contribution in [0.3, 0.4) is 0 Å². The molecule has 0 aliphatic heterocycles. The van der Waals surface area contributed by atoms with E-state index in [9.17, 15) is 14.4 Å². The normalized spacial score (nSPS) is 12.6. The van der Waals surface area contributed by atoms with Gasteiger partial charge in [-0.25, -0.2) is 9.59 Å². The maximum absolute atomic E-state index is 11.7. The zero-order valence-corrected chi connectivity index (χ0v) is 10.9. The van der Waals surface area contributed by atoms with Crippen LogP contribution in [-0.4, -0.2) is 35.6 Å². The molecule has 3 amide bonds. The fraction of sp³-hybridized carbons (Fsp3) is 0.727. The zero-order valence-electron chi connectivity index (χ0n) is 10.9. The highest BCUT2D eigenvalue weighted by molar-refractivity contribution is 5.86. The van der Waals surface area contributed by atoms with Crippen LogP contribution in [-0.2, 0) is 9.59 Å². The third-order valence-corrected chi connectivity index (χ3v) is 2.25. The molecule has 0 bridgehead atoms. The van der Waals surface area contributed by atoms with Crippen molar-refractivity contribution in [2.75, 3.05) is 6.54 Å². The van der Waals surface area contributed by atoms with E-state index in [4.69, 9.17) is 10.8 Å². The number of primary amides is 1. The number of amides is 3. The molecule has 0 aliphatic rings. The Labute approximate surface area is 106 Å². The standard InChI is InChI=1S/C11H21N3O4/c1-11(2,3)9(17)14-7(8(15)16)5-4-6-13-10(12)18/h7H,4-6H2,1-3H3,(H,14,17)(H,15,16)(H3,12,13,18). The van der Waals surface area contributed by atoms with Gasteiger partial charge in [0, 0.05) is 12.0 Å². The third-order valence-electron chi connectivity index (χ3n) is 2.25. The molecule has 1 unspecified atom stereocenters. The Bertz CT molecular complexity index is 323. The minimum Gasteiger partial charge on any atom is -0.480 e. The van der Waals surface area contributed by atoms with E-state index in [0.29, 0.717) is 6.42 Å². The fourth-order valence-electron chi connectivity index (χ4n) is 1.15. The number of carboxylic acid groups (broad SMARTS) is 1. The number of nitrogens with two attached hydrogens (primary N) is 1. The van der Waals surface area contributed by atoms with Gasteiger partial charge >= 0.3 is 12.0 Å². The largest absolute Gasteiger partial charge is 0.480 e. The number of nitrogens with one attached hydrogen (secondary N) is 2. The molecule has 0 rings (SSSR count). The van der Waals surface area contributed by atoms with E-state index in [1.54, 1.807) is 20.8 Å². The number of urea groups is 1. The molecule has 0 spiro atoms. The van der Waals surface area contributed by atoms with Gasteiger partial charge in [-0.1, -0.05) is 20.8 Å². The van der Waals surface area contributed by atoms with Crippen LogP contribution in [0.25, 0.3) is 0 Å². The van der Waals surface area contributed by atoms with Crippen molar-refractivity contribution in [3.63, 3.8) is 0 Å². The first-order chi connectivity index (χ1) is 8.14. The molecule has 0 saturated heterocycles. The summed E-state index contributed by atoms with van der Waals surface area (Å²) in [6, 6.07) is -1.60. The molecule has 1 atom stereocenters. The average molecular weight is 259 g/mol. The molecule has 5 N–H and O–H groups in total. The van der Waals surface area contributed by atoms with Gasteiger partial charge in [-0.2, -0.15) is 0 Å². The van der Waals surface area contributed by atoms with Crippen LogP contribution in [0.5, 0.6) is 0 Å². The number of rotatable bonds is 6. The molecule has 0 fully saturated rings. The molecule has 0 heterocycles. The summed E-state index contributed by atoms with van der Waals surface area (Å²) in [5, 5.41) is 13.8. The SMILES string of the molecule is CC(C)(C)C(=O)NC(CCCNC(N)=O)C(=O)O. The van der Waals surface area contributed by atoms with Crippen LogP contribution < -0.4 is 16.4 Å². The molecule has 0 saturated carbocycles. The lowest BCUT2D eigenvalue weighted by Crippen LogP contribution is -2.46. The quantitative estimate of drug-likeness (QED) is 0.503. The van der Waals surface area contributed by atoms with Gasteiger partial charge in [0.05, 0.1) is 0 Å². The number of hydrogen-bond acceptors (Lipinski definition) is 3. The minimum absolute atomic E-state index is 0.234. The van der Waals surface area contributed by atoms with Crippen molar-refractivity contribution >= 4 is 17.9 Å². The fourth-order valence-corrected chi connectivity index (χ4v) is 1.15. The topological polar surface area (TPSA) is 122 Å². The highest BCUT2D eigenvalue weighted by Gasteiger charge is 2.26. The smallest absolute Gasteiger partial charge is 0.326 e. The summed E-state index contributed by atoms with van der Waals surface area (Å²) in [5.74, 6) is -1.41. The number of hydrogen-bond donors (Lipinski definition) is 4. The Morgan fingerprint density at radius 1 is 1.28 bits per heavy atom. The summed E-state index contributed by atoms with van der Waals surface area (Å²) in [4.78, 5) is 33.0. The van der Waals surface area contributed by atoms with Crippen LogP contribution in [0.15, 0.2) is 0 Å². The molecule has 7 heteroatoms. The Morgan fingerprint density at radius 2 is 1.83 bits per heavy atom. The summed E-state index contributed by atoms with van der Waals surface area (Å²) < 4.78 is 0. The van der Waals surface area contributed by atoms with E-state index in [-0.39, 0.29) is 18.9 Å². The molecule has 0 aliphatic carbocycles. The van der Waals surface area contributed by atoms with Crippen molar-refractivity contribution in [1.29, 1.82) is 0 Å². The molecular weight excluding hydrogens is 238 g/mol. The lowest BCUT2D eigenvalue weighted by atomic mass is 9.95. The molecule has 0 aromatic rings. The number of carbonyl (C=O) groups is 3. The second-order valence-electron chi connectivity index (χ2n) is 5.05. The van der Waals surface area contributed by atoms with E-state index in [2.05, 4.69) is 10.6 Å². The Balaban J connectivity index is 4.21. The van der Waals surface area contributed by atoms with Gasteiger partial charge in [-0.05, 0) is 12.8 Å². The number of aliphatic carboxylic acids is 1. The second-order valence-corrected chi connectivity index (χ2v) is 5.05. The van der Waals surface area contributed by atoms with Gasteiger partial charge in [0.2, 0.25) is 5.91 Å². The van der Waals surface area contributed by atoms with Crippen molar-refractivity contribution in [3.05, 3.63) is 0 Å². The summed E-state index contributed by atoms with van der Waals surface area (Å²) >= 11 is 0. The zero-order chi connectivity index (χ0) is 14.3. The molecule has 104 valence electrons. The molecule has 0 aromatic carbocycles. The molecule has 18 heavy (non-hydrogen) atoms. The monoisotopic (exact) mass is 259 g/mol. The molecule has 0 radical (unpaired) electrons. The second kappa shape index (κ2) is 6.83. The highest BCUT2D eigenvalue weighted by atomic mass is 16.4. The molecule has 7 nitrogen and oxygen atoms in total. The first-order valence-corrected chi connectivity index (χ1v) is 5.71. The van der Waals surface area contributed by atoms with Crippen LogP contribution in [0, 0.1) is 5.41 Å². The van der Waals surface area contributed by atoms with E-state index in [0.717, 1.165) is 0 Å². The predicted molar refractivity (Wildman–Crippen MR) is 65.8 cm³/mol. The first-order valence-electron chi connectivity index (χ1n) is 5.71. The number of carboxylic acids is 1.